The van der Waals surface area contributed by atoms with Gasteiger partial charge in [-0.1, -0.05) is 44.0 Å². The van der Waals surface area contributed by atoms with Crippen molar-refractivity contribution < 1.29 is 49.0 Å². The van der Waals surface area contributed by atoms with Crippen LogP contribution < -0.4 is 9.47 Å². The van der Waals surface area contributed by atoms with Crippen LogP contribution in [-0.2, 0) is 12.5 Å². The number of aryl methyl sites for hydroxylation is 1. The van der Waals surface area contributed by atoms with Gasteiger partial charge in [-0.25, -0.2) is 22.0 Å². The Hall–Kier alpha value is -4.41. The van der Waals surface area contributed by atoms with Gasteiger partial charge in [0.25, 0.3) is 0 Å². The van der Waals surface area contributed by atoms with Gasteiger partial charge in [0.05, 0.1) is 0 Å². The van der Waals surface area contributed by atoms with Crippen molar-refractivity contribution in [3.05, 3.63) is 119 Å². The maximum atomic E-state index is 14.9. The number of hydrogen-bond acceptors (Lipinski definition) is 2. The van der Waals surface area contributed by atoms with Gasteiger partial charge in [0.1, 0.15) is 28.8 Å². The molecule has 0 radical (unpaired) electrons. The number of halogens is 9. The number of rotatable bonds is 11. The van der Waals surface area contributed by atoms with Crippen LogP contribution in [0.25, 0.3) is 22.3 Å². The Morgan fingerprint density at radius 1 is 0.698 bits per heavy atom. The Kier molecular flexibility index (Phi) is 9.73. The SMILES string of the molecule is CCCCCc1ccc(-c2cc(F)c(C(F)(F)Oc3ccc(-c4cc(F)c(OC=C(F)F)c(F)c4)c(F)c3)c(F)c2)cc1. The van der Waals surface area contributed by atoms with Crippen LogP contribution in [0.5, 0.6) is 11.5 Å². The lowest BCUT2D eigenvalue weighted by Gasteiger charge is -2.20. The molecule has 11 heteroatoms. The van der Waals surface area contributed by atoms with Gasteiger partial charge < -0.3 is 9.47 Å². The van der Waals surface area contributed by atoms with Crippen LogP contribution in [0.15, 0.2) is 79.1 Å². The number of unbranched alkanes of at least 4 members (excludes halogenated alkanes) is 2. The molecular formula is C32H23F9O2. The van der Waals surface area contributed by atoms with Crippen molar-refractivity contribution in [3.8, 4) is 33.8 Å². The zero-order valence-electron chi connectivity index (χ0n) is 22.5. The summed E-state index contributed by atoms with van der Waals surface area (Å²) in [5.41, 5.74) is -1.15. The molecule has 2 nitrogen and oxygen atoms in total. The van der Waals surface area contributed by atoms with Gasteiger partial charge in [-0.05, 0) is 71.5 Å². The van der Waals surface area contributed by atoms with Gasteiger partial charge in [-0.15, -0.1) is 0 Å². The Morgan fingerprint density at radius 2 is 1.30 bits per heavy atom. The first-order chi connectivity index (χ1) is 20.4. The fraction of sp³-hybridized carbons (Fsp3) is 0.188. The Labute approximate surface area is 241 Å². The standard InChI is InChI=1S/C32H23F9O2/c1-2-3-4-5-18-6-8-19(9-7-18)20-12-25(34)30(26(35)13-20)32(40,41)43-22-10-11-23(24(33)16-22)21-14-27(36)31(28(37)15-21)42-17-29(38)39/h6-17H,2-5H2,1H3. The van der Waals surface area contributed by atoms with E-state index in [1.807, 2.05) is 0 Å². The van der Waals surface area contributed by atoms with Crippen LogP contribution >= 0.6 is 0 Å². The summed E-state index contributed by atoms with van der Waals surface area (Å²) in [4.78, 5) is 0. The molecule has 0 amide bonds. The summed E-state index contributed by atoms with van der Waals surface area (Å²) < 4.78 is 136. The summed E-state index contributed by atoms with van der Waals surface area (Å²) in [6.07, 6.45) is -3.21. The zero-order chi connectivity index (χ0) is 31.3. The van der Waals surface area contributed by atoms with Crippen molar-refractivity contribution in [2.75, 3.05) is 0 Å². The molecule has 226 valence electrons. The molecule has 0 aliphatic heterocycles. The lowest BCUT2D eigenvalue weighted by atomic mass is 9.99. The minimum atomic E-state index is -4.58. The third-order valence-electron chi connectivity index (χ3n) is 6.45. The molecule has 0 unspecified atom stereocenters. The highest BCUT2D eigenvalue weighted by atomic mass is 19.3. The van der Waals surface area contributed by atoms with Crippen molar-refractivity contribution in [1.29, 1.82) is 0 Å². The van der Waals surface area contributed by atoms with Gasteiger partial charge in [0.15, 0.2) is 23.6 Å². The number of hydrogen-bond donors (Lipinski definition) is 0. The van der Waals surface area contributed by atoms with Gasteiger partial charge >= 0.3 is 12.2 Å². The normalized spacial score (nSPS) is 11.4. The third kappa shape index (κ3) is 7.52. The van der Waals surface area contributed by atoms with E-state index in [0.29, 0.717) is 23.8 Å². The van der Waals surface area contributed by atoms with E-state index in [1.165, 1.54) is 0 Å². The van der Waals surface area contributed by atoms with E-state index < -0.39 is 69.5 Å². The van der Waals surface area contributed by atoms with Crippen LogP contribution in [-0.4, -0.2) is 0 Å². The summed E-state index contributed by atoms with van der Waals surface area (Å²) in [5, 5.41) is 0. The van der Waals surface area contributed by atoms with Gasteiger partial charge in [-0.2, -0.15) is 17.6 Å². The molecular weight excluding hydrogens is 587 g/mol. The van der Waals surface area contributed by atoms with Gasteiger partial charge in [0.2, 0.25) is 0 Å². The van der Waals surface area contributed by atoms with E-state index in [-0.39, 0.29) is 11.8 Å². The predicted molar refractivity (Wildman–Crippen MR) is 142 cm³/mol. The largest absolute Gasteiger partial charge is 0.453 e. The molecule has 43 heavy (non-hydrogen) atoms. The highest BCUT2D eigenvalue weighted by molar-refractivity contribution is 5.67. The molecule has 4 aromatic rings. The van der Waals surface area contributed by atoms with Gasteiger partial charge in [-0.3, -0.25) is 0 Å². The molecule has 0 N–H and O–H groups in total. The monoisotopic (exact) mass is 610 g/mol. The molecule has 0 spiro atoms. The quantitative estimate of drug-likeness (QED) is 0.0956. The molecule has 0 aliphatic carbocycles. The second-order valence-corrected chi connectivity index (χ2v) is 9.52. The average molecular weight is 611 g/mol. The molecule has 0 atom stereocenters. The fourth-order valence-corrected chi connectivity index (χ4v) is 4.38. The van der Waals surface area contributed by atoms with Crippen LogP contribution in [0.2, 0.25) is 0 Å². The van der Waals surface area contributed by atoms with Crippen molar-refractivity contribution in [1.82, 2.24) is 0 Å². The van der Waals surface area contributed by atoms with Crippen LogP contribution in [0.4, 0.5) is 39.5 Å². The molecule has 0 fully saturated rings. The van der Waals surface area contributed by atoms with Crippen molar-refractivity contribution in [2.24, 2.45) is 0 Å². The molecule has 0 heterocycles. The first-order valence-corrected chi connectivity index (χ1v) is 13.0. The average Bonchev–Trinajstić information content (AvgIpc) is 2.92. The van der Waals surface area contributed by atoms with E-state index in [2.05, 4.69) is 16.4 Å². The molecule has 0 bridgehead atoms. The molecule has 0 saturated carbocycles. The smallest absolute Gasteiger partial charge is 0.432 e. The van der Waals surface area contributed by atoms with Crippen molar-refractivity contribution in [3.63, 3.8) is 0 Å². The number of benzene rings is 4. The Bertz CT molecular complexity index is 1580. The predicted octanol–water partition coefficient (Wildman–Crippen LogP) is 10.7. The molecule has 4 aromatic carbocycles. The summed E-state index contributed by atoms with van der Waals surface area (Å²) in [5.74, 6) is -9.40. The summed E-state index contributed by atoms with van der Waals surface area (Å²) >= 11 is 0. The third-order valence-corrected chi connectivity index (χ3v) is 6.45. The zero-order valence-corrected chi connectivity index (χ0v) is 22.5. The lowest BCUT2D eigenvalue weighted by molar-refractivity contribution is -0.189. The number of alkyl halides is 2. The Balaban J connectivity index is 1.55. The molecule has 0 aromatic heterocycles. The van der Waals surface area contributed by atoms with Crippen molar-refractivity contribution in [2.45, 2.75) is 38.7 Å². The van der Waals surface area contributed by atoms with E-state index in [0.717, 1.165) is 55.5 Å². The Morgan fingerprint density at radius 3 is 1.86 bits per heavy atom. The summed E-state index contributed by atoms with van der Waals surface area (Å²) in [6, 6.07) is 11.5. The first-order valence-electron chi connectivity index (χ1n) is 13.0. The minimum absolute atomic E-state index is 0.0202. The van der Waals surface area contributed by atoms with Crippen molar-refractivity contribution >= 4 is 0 Å². The molecule has 0 aliphatic rings. The van der Waals surface area contributed by atoms with E-state index >= 15 is 0 Å². The van der Waals surface area contributed by atoms with E-state index in [1.54, 1.807) is 24.3 Å². The van der Waals surface area contributed by atoms with E-state index in [4.69, 9.17) is 0 Å². The van der Waals surface area contributed by atoms with E-state index in [9.17, 15) is 39.5 Å². The highest BCUT2D eigenvalue weighted by Crippen LogP contribution is 2.39. The topological polar surface area (TPSA) is 18.5 Å². The minimum Gasteiger partial charge on any atom is -0.453 e. The second kappa shape index (κ2) is 13.3. The van der Waals surface area contributed by atoms with Crippen LogP contribution in [0, 0.1) is 29.1 Å². The highest BCUT2D eigenvalue weighted by Gasteiger charge is 2.41. The maximum Gasteiger partial charge on any atom is 0.432 e. The summed E-state index contributed by atoms with van der Waals surface area (Å²) in [6.45, 7) is 2.08. The van der Waals surface area contributed by atoms with Gasteiger partial charge in [0, 0.05) is 11.6 Å². The fourth-order valence-electron chi connectivity index (χ4n) is 4.38. The van der Waals surface area contributed by atoms with Crippen LogP contribution in [0.1, 0.15) is 37.3 Å². The first kappa shape index (κ1) is 31.5. The number of ether oxygens (including phenoxy) is 2. The van der Waals surface area contributed by atoms with Crippen LogP contribution in [0.3, 0.4) is 0 Å². The molecule has 4 rings (SSSR count). The maximum absolute atomic E-state index is 14.9. The second-order valence-electron chi connectivity index (χ2n) is 9.52. The summed E-state index contributed by atoms with van der Waals surface area (Å²) in [7, 11) is 0. The lowest BCUT2D eigenvalue weighted by Crippen LogP contribution is -2.25. The molecule has 0 saturated heterocycles.